The van der Waals surface area contributed by atoms with Crippen molar-refractivity contribution in [3.05, 3.63) is 123 Å². The number of nitrogens with zero attached hydrogens (tertiary/aromatic N) is 6. The molecule has 2 aromatic carbocycles. The number of aromatic hydroxyl groups is 1. The van der Waals surface area contributed by atoms with Crippen molar-refractivity contribution < 1.29 is 18.6 Å². The second-order valence-corrected chi connectivity index (χ2v) is 13.8. The highest BCUT2D eigenvalue weighted by Gasteiger charge is 2.28. The van der Waals surface area contributed by atoms with Crippen LogP contribution in [0.2, 0.25) is 0 Å². The number of imidazole rings is 1. The van der Waals surface area contributed by atoms with Crippen molar-refractivity contribution in [2.45, 2.75) is 63.8 Å². The first-order valence-corrected chi connectivity index (χ1v) is 17.7. The highest BCUT2D eigenvalue weighted by Crippen LogP contribution is 2.31. The highest BCUT2D eigenvalue weighted by molar-refractivity contribution is 5.77. The highest BCUT2D eigenvalue weighted by atomic mass is 19.1. The monoisotopic (exact) mass is 707 g/mol. The average molecular weight is 708 g/mol. The molecule has 0 radical (unpaired) electrons. The maximum Gasteiger partial charge on any atom is 0.337 e. The van der Waals surface area contributed by atoms with E-state index in [1.807, 2.05) is 24.3 Å². The first kappa shape index (κ1) is 33.9. The number of aromatic nitrogens is 5. The van der Waals surface area contributed by atoms with Crippen LogP contribution in [0.1, 0.15) is 49.9 Å². The predicted octanol–water partition coefficient (Wildman–Crippen LogP) is 5.34. The van der Waals surface area contributed by atoms with E-state index in [9.17, 15) is 23.5 Å². The van der Waals surface area contributed by atoms with Crippen LogP contribution in [0.3, 0.4) is 0 Å². The number of hydrogen-bond acceptors (Lipinski definition) is 8. The molecule has 2 N–H and O–H groups in total. The third-order valence-corrected chi connectivity index (χ3v) is 10.4. The van der Waals surface area contributed by atoms with Crippen molar-refractivity contribution in [2.75, 3.05) is 19.8 Å². The SMILES string of the molecule is C[C@@H]1COCCN1Cc1cc(O)ccc1-c1cccc(-n2c(=O)n(C3CCC(NCc4cn5cc(F)ccc5n4)CC3)c(=O)c3cc(F)cnc32)c1. The maximum atomic E-state index is 14.6. The van der Waals surface area contributed by atoms with Crippen molar-refractivity contribution in [3.63, 3.8) is 0 Å². The minimum absolute atomic E-state index is 0.0279. The van der Waals surface area contributed by atoms with Gasteiger partial charge >= 0.3 is 5.69 Å². The van der Waals surface area contributed by atoms with Gasteiger partial charge in [-0.1, -0.05) is 18.2 Å². The minimum Gasteiger partial charge on any atom is -0.508 e. The normalized spacial score (nSPS) is 19.8. The Morgan fingerprint density at radius 3 is 2.65 bits per heavy atom. The van der Waals surface area contributed by atoms with Gasteiger partial charge in [-0.3, -0.25) is 14.3 Å². The molecular weight excluding hydrogens is 668 g/mol. The number of ether oxygens (including phenoxy) is 1. The summed E-state index contributed by atoms with van der Waals surface area (Å²) in [7, 11) is 0. The second kappa shape index (κ2) is 14.1. The second-order valence-electron chi connectivity index (χ2n) is 13.8. The number of nitrogens with one attached hydrogen (secondary N) is 1. The summed E-state index contributed by atoms with van der Waals surface area (Å²) in [5.41, 5.74) is 3.56. The molecule has 52 heavy (non-hydrogen) atoms. The van der Waals surface area contributed by atoms with Crippen LogP contribution in [-0.2, 0) is 17.8 Å². The summed E-state index contributed by atoms with van der Waals surface area (Å²) in [4.78, 5) is 39.5. The Balaban J connectivity index is 1.09. The Hall–Kier alpha value is -5.24. The lowest BCUT2D eigenvalue weighted by atomic mass is 9.91. The van der Waals surface area contributed by atoms with Crippen molar-refractivity contribution in [1.82, 2.24) is 33.7 Å². The van der Waals surface area contributed by atoms with Crippen LogP contribution in [0.25, 0.3) is 33.5 Å². The van der Waals surface area contributed by atoms with Crippen LogP contribution in [0.4, 0.5) is 8.78 Å². The molecule has 8 rings (SSSR count). The van der Waals surface area contributed by atoms with Crippen LogP contribution in [0.15, 0.2) is 88.8 Å². The number of morpholine rings is 1. The lowest BCUT2D eigenvalue weighted by molar-refractivity contribution is -0.00431. The average Bonchev–Trinajstić information content (AvgIpc) is 3.55. The van der Waals surface area contributed by atoms with E-state index in [0.717, 1.165) is 41.2 Å². The van der Waals surface area contributed by atoms with Crippen molar-refractivity contribution >= 4 is 16.7 Å². The van der Waals surface area contributed by atoms with Crippen molar-refractivity contribution in [1.29, 1.82) is 0 Å². The Morgan fingerprint density at radius 1 is 0.981 bits per heavy atom. The summed E-state index contributed by atoms with van der Waals surface area (Å²) in [5.74, 6) is -0.838. The van der Waals surface area contributed by atoms with Gasteiger partial charge in [0.05, 0.1) is 36.2 Å². The topological polar surface area (TPSA) is 119 Å². The maximum absolute atomic E-state index is 14.6. The van der Waals surface area contributed by atoms with Gasteiger partial charge in [-0.15, -0.1) is 0 Å². The number of phenolic OH excluding ortho intramolecular Hbond substituents is 1. The molecule has 13 heteroatoms. The van der Waals surface area contributed by atoms with Gasteiger partial charge in [-0.05, 0) is 91.8 Å². The van der Waals surface area contributed by atoms with Gasteiger partial charge in [0.1, 0.15) is 23.0 Å². The summed E-state index contributed by atoms with van der Waals surface area (Å²) in [6.07, 6.45) is 6.74. The predicted molar refractivity (Wildman–Crippen MR) is 193 cm³/mol. The molecule has 1 aliphatic carbocycles. The van der Waals surface area contributed by atoms with E-state index in [0.29, 0.717) is 63.3 Å². The molecule has 0 unspecified atom stereocenters. The molecule has 2 aliphatic rings. The zero-order chi connectivity index (χ0) is 35.9. The molecule has 4 aromatic heterocycles. The van der Waals surface area contributed by atoms with E-state index in [-0.39, 0.29) is 34.7 Å². The van der Waals surface area contributed by atoms with Crippen LogP contribution in [0, 0.1) is 11.6 Å². The van der Waals surface area contributed by atoms with Gasteiger partial charge in [0.15, 0.2) is 5.65 Å². The lowest BCUT2D eigenvalue weighted by Gasteiger charge is -2.33. The van der Waals surface area contributed by atoms with E-state index in [4.69, 9.17) is 4.74 Å². The Kier molecular flexibility index (Phi) is 9.16. The number of halogens is 2. The summed E-state index contributed by atoms with van der Waals surface area (Å²) in [6, 6.07) is 16.8. The summed E-state index contributed by atoms with van der Waals surface area (Å²) < 4.78 is 38.2. The van der Waals surface area contributed by atoms with E-state index in [1.54, 1.807) is 34.9 Å². The van der Waals surface area contributed by atoms with Gasteiger partial charge in [0.25, 0.3) is 5.56 Å². The molecule has 1 aliphatic heterocycles. The summed E-state index contributed by atoms with van der Waals surface area (Å²) in [6.45, 7) is 5.25. The molecule has 5 heterocycles. The number of benzene rings is 2. The standard InChI is InChI=1S/C39H39F2N7O4/c1-24-23-52-14-13-45(24)20-26-16-33(49)10-11-34(26)25-3-2-4-32(15-25)47-37-35(17-28(41)18-43-37)38(50)48(39(47)51)31-8-6-29(7-9-31)42-19-30-22-46-21-27(40)5-12-36(46)44-30/h2-5,10-12,15-18,21-22,24,29,31,42,49H,6-9,13-14,19-20,23H2,1H3/t24-,29?,31?/m1/s1. The fraction of sp³-hybridized carbons (Fsp3) is 0.333. The minimum atomic E-state index is -0.663. The first-order chi connectivity index (χ1) is 25.2. The number of hydrogen-bond donors (Lipinski definition) is 2. The van der Waals surface area contributed by atoms with E-state index < -0.39 is 23.1 Å². The number of fused-ring (bicyclic) bond motifs is 2. The summed E-state index contributed by atoms with van der Waals surface area (Å²) in [5, 5.41) is 14.0. The molecular formula is C39H39F2N7O4. The molecule has 0 amide bonds. The van der Waals surface area contributed by atoms with Crippen molar-refractivity contribution in [3.8, 4) is 22.6 Å². The van der Waals surface area contributed by atoms with E-state index in [2.05, 4.69) is 27.1 Å². The third kappa shape index (κ3) is 6.62. The molecule has 1 atom stereocenters. The molecule has 2 fully saturated rings. The smallest absolute Gasteiger partial charge is 0.337 e. The molecule has 6 aromatic rings. The molecule has 268 valence electrons. The fourth-order valence-corrected chi connectivity index (χ4v) is 7.65. The summed E-state index contributed by atoms with van der Waals surface area (Å²) >= 11 is 0. The van der Waals surface area contributed by atoms with Gasteiger partial charge in [0.2, 0.25) is 0 Å². The van der Waals surface area contributed by atoms with Gasteiger partial charge in [-0.2, -0.15) is 0 Å². The van der Waals surface area contributed by atoms with Crippen molar-refractivity contribution in [2.24, 2.45) is 0 Å². The molecule has 0 spiro atoms. The zero-order valence-corrected chi connectivity index (χ0v) is 28.7. The Labute approximate surface area is 297 Å². The molecule has 11 nitrogen and oxygen atoms in total. The van der Waals surface area contributed by atoms with Gasteiger partial charge in [-0.25, -0.2) is 28.1 Å². The first-order valence-electron chi connectivity index (χ1n) is 17.7. The molecule has 1 saturated heterocycles. The number of phenols is 1. The fourth-order valence-electron chi connectivity index (χ4n) is 7.65. The van der Waals surface area contributed by atoms with Crippen LogP contribution >= 0.6 is 0 Å². The largest absolute Gasteiger partial charge is 0.508 e. The van der Waals surface area contributed by atoms with Crippen LogP contribution in [-0.4, -0.2) is 65.4 Å². The van der Waals surface area contributed by atoms with Gasteiger partial charge < -0.3 is 19.6 Å². The lowest BCUT2D eigenvalue weighted by Crippen LogP contribution is -2.44. The Bertz CT molecular complexity index is 2400. The van der Waals surface area contributed by atoms with E-state index in [1.165, 1.54) is 21.4 Å². The molecule has 0 bridgehead atoms. The molecule has 1 saturated carbocycles. The Morgan fingerprint density at radius 2 is 1.83 bits per heavy atom. The quantitative estimate of drug-likeness (QED) is 0.218. The van der Waals surface area contributed by atoms with Crippen LogP contribution < -0.4 is 16.6 Å². The zero-order valence-electron chi connectivity index (χ0n) is 28.7. The number of rotatable bonds is 8. The van der Waals surface area contributed by atoms with E-state index >= 15 is 0 Å². The van der Waals surface area contributed by atoms with Crippen LogP contribution in [0.5, 0.6) is 5.75 Å². The van der Waals surface area contributed by atoms with Gasteiger partial charge in [0, 0.05) is 50.2 Å². The number of pyridine rings is 2. The third-order valence-electron chi connectivity index (χ3n) is 10.4.